The highest BCUT2D eigenvalue weighted by Crippen LogP contribution is 2.16. The maximum atomic E-state index is 11.9. The Bertz CT molecular complexity index is 361. The molecule has 0 aliphatic carbocycles. The Balaban J connectivity index is 2.35. The van der Waals surface area contributed by atoms with Gasteiger partial charge in [-0.3, -0.25) is 4.79 Å². The Kier molecular flexibility index (Phi) is 6.99. The van der Waals surface area contributed by atoms with Crippen LogP contribution < -0.4 is 5.73 Å². The van der Waals surface area contributed by atoms with Gasteiger partial charge in [-0.15, -0.1) is 0 Å². The molecule has 100 valence electrons. The highest BCUT2D eigenvalue weighted by atomic mass is 35.5. The molecule has 1 unspecified atom stereocenters. The van der Waals surface area contributed by atoms with E-state index >= 15 is 0 Å². The quantitative estimate of drug-likeness (QED) is 0.782. The lowest BCUT2D eigenvalue weighted by Gasteiger charge is -2.12. The lowest BCUT2D eigenvalue weighted by Crippen LogP contribution is -2.11. The highest BCUT2D eigenvalue weighted by molar-refractivity contribution is 6.30. The van der Waals surface area contributed by atoms with Crippen molar-refractivity contribution in [3.05, 3.63) is 34.9 Å². The number of benzene rings is 1. The molecule has 1 rings (SSSR count). The van der Waals surface area contributed by atoms with E-state index in [2.05, 4.69) is 6.92 Å². The summed E-state index contributed by atoms with van der Waals surface area (Å²) in [4.78, 5) is 11.9. The molecule has 2 N–H and O–H groups in total. The first-order chi connectivity index (χ1) is 8.65. The second kappa shape index (κ2) is 8.28. The van der Waals surface area contributed by atoms with Crippen molar-refractivity contribution in [3.63, 3.8) is 0 Å². The van der Waals surface area contributed by atoms with Crippen LogP contribution in [-0.2, 0) is 11.2 Å². The fourth-order valence-electron chi connectivity index (χ4n) is 2.07. The molecule has 0 radical (unpaired) electrons. The van der Waals surface area contributed by atoms with E-state index < -0.39 is 0 Å². The van der Waals surface area contributed by atoms with E-state index in [1.807, 2.05) is 24.3 Å². The minimum Gasteiger partial charge on any atom is -0.330 e. The summed E-state index contributed by atoms with van der Waals surface area (Å²) < 4.78 is 0. The average molecular weight is 268 g/mol. The largest absolute Gasteiger partial charge is 0.330 e. The molecule has 0 fully saturated rings. The molecule has 0 heterocycles. The number of hydrogen-bond acceptors (Lipinski definition) is 2. The number of ketones is 1. The van der Waals surface area contributed by atoms with E-state index in [-0.39, 0.29) is 0 Å². The van der Waals surface area contributed by atoms with E-state index in [4.69, 9.17) is 17.3 Å². The number of halogens is 1. The molecule has 0 saturated carbocycles. The van der Waals surface area contributed by atoms with Crippen molar-refractivity contribution < 1.29 is 4.79 Å². The number of Topliss-reactive ketones (excluding diaryl/α,β-unsaturated/α-hetero) is 1. The third kappa shape index (κ3) is 5.65. The highest BCUT2D eigenvalue weighted by Gasteiger charge is 2.09. The molecule has 2 nitrogen and oxygen atoms in total. The molecule has 0 bridgehead atoms. The van der Waals surface area contributed by atoms with Gasteiger partial charge in [-0.2, -0.15) is 0 Å². The van der Waals surface area contributed by atoms with Gasteiger partial charge in [0.2, 0.25) is 0 Å². The van der Waals surface area contributed by atoms with Crippen LogP contribution in [0.1, 0.15) is 38.2 Å². The lowest BCUT2D eigenvalue weighted by atomic mass is 9.94. The van der Waals surface area contributed by atoms with E-state index in [1.165, 1.54) is 0 Å². The van der Waals surface area contributed by atoms with Gasteiger partial charge in [0.1, 0.15) is 5.78 Å². The summed E-state index contributed by atoms with van der Waals surface area (Å²) in [5.74, 6) is 0.886. The summed E-state index contributed by atoms with van der Waals surface area (Å²) >= 11 is 5.81. The van der Waals surface area contributed by atoms with Crippen LogP contribution in [0.2, 0.25) is 5.02 Å². The third-order valence-corrected chi connectivity index (χ3v) is 3.55. The van der Waals surface area contributed by atoms with Crippen LogP contribution in [-0.4, -0.2) is 12.3 Å². The lowest BCUT2D eigenvalue weighted by molar-refractivity contribution is -0.118. The Labute approximate surface area is 115 Å². The van der Waals surface area contributed by atoms with Gasteiger partial charge in [0.25, 0.3) is 0 Å². The smallest absolute Gasteiger partial charge is 0.137 e. The van der Waals surface area contributed by atoms with Crippen molar-refractivity contribution in [2.24, 2.45) is 11.7 Å². The fraction of sp³-hybridized carbons (Fsp3) is 0.533. The number of rotatable bonds is 8. The van der Waals surface area contributed by atoms with E-state index in [9.17, 15) is 4.79 Å². The standard InChI is InChI=1S/C15H22ClNO/c1-2-12(9-10-17)5-8-15(18)11-13-3-6-14(16)7-4-13/h3-4,6-7,12H,2,5,8-11,17H2,1H3. The Hall–Kier alpha value is -0.860. The molecule has 0 aliphatic heterocycles. The number of nitrogens with two attached hydrogens (primary N) is 1. The number of hydrogen-bond donors (Lipinski definition) is 1. The SMILES string of the molecule is CCC(CCN)CCC(=O)Cc1ccc(Cl)cc1. The maximum absolute atomic E-state index is 11.9. The van der Waals surface area contributed by atoms with Crippen LogP contribution in [0.4, 0.5) is 0 Å². The molecule has 18 heavy (non-hydrogen) atoms. The van der Waals surface area contributed by atoms with Gasteiger partial charge in [-0.25, -0.2) is 0 Å². The van der Waals surface area contributed by atoms with Crippen molar-refractivity contribution in [1.82, 2.24) is 0 Å². The summed E-state index contributed by atoms with van der Waals surface area (Å²) in [7, 11) is 0. The zero-order valence-corrected chi connectivity index (χ0v) is 11.7. The summed E-state index contributed by atoms with van der Waals surface area (Å²) in [6.45, 7) is 2.87. The molecule has 0 spiro atoms. The normalized spacial score (nSPS) is 12.4. The molecular weight excluding hydrogens is 246 g/mol. The summed E-state index contributed by atoms with van der Waals surface area (Å²) in [6.07, 6.45) is 4.24. The average Bonchev–Trinajstić information content (AvgIpc) is 2.37. The van der Waals surface area contributed by atoms with Gasteiger partial charge >= 0.3 is 0 Å². The van der Waals surface area contributed by atoms with Crippen LogP contribution >= 0.6 is 11.6 Å². The van der Waals surface area contributed by atoms with Crippen LogP contribution in [0, 0.1) is 5.92 Å². The molecule has 3 heteroatoms. The Morgan fingerprint density at radius 1 is 1.28 bits per heavy atom. The zero-order chi connectivity index (χ0) is 13.4. The van der Waals surface area contributed by atoms with Crippen molar-refractivity contribution in [2.75, 3.05) is 6.54 Å². The topological polar surface area (TPSA) is 43.1 Å². The van der Waals surface area contributed by atoms with Crippen molar-refractivity contribution in [1.29, 1.82) is 0 Å². The van der Waals surface area contributed by atoms with Crippen molar-refractivity contribution in [2.45, 2.75) is 39.0 Å². The molecule has 1 aromatic carbocycles. The zero-order valence-electron chi connectivity index (χ0n) is 11.0. The molecule has 0 amide bonds. The fourth-order valence-corrected chi connectivity index (χ4v) is 2.20. The van der Waals surface area contributed by atoms with E-state index in [1.54, 1.807) is 0 Å². The second-order valence-corrected chi connectivity index (χ2v) is 5.17. The predicted molar refractivity (Wildman–Crippen MR) is 76.8 cm³/mol. The molecule has 1 aromatic rings. The number of carbonyl (C=O) groups is 1. The van der Waals surface area contributed by atoms with Gasteiger partial charge < -0.3 is 5.73 Å². The summed E-state index contributed by atoms with van der Waals surface area (Å²) in [5, 5.41) is 0.709. The van der Waals surface area contributed by atoms with Crippen LogP contribution in [0.25, 0.3) is 0 Å². The number of carbonyl (C=O) groups excluding carboxylic acids is 1. The van der Waals surface area contributed by atoms with Gasteiger partial charge in [0.05, 0.1) is 0 Å². The minimum atomic E-state index is 0.299. The van der Waals surface area contributed by atoms with Crippen LogP contribution in [0.5, 0.6) is 0 Å². The van der Waals surface area contributed by atoms with Gasteiger partial charge in [0.15, 0.2) is 0 Å². The summed E-state index contributed by atoms with van der Waals surface area (Å²) in [5.41, 5.74) is 6.59. The van der Waals surface area contributed by atoms with Crippen molar-refractivity contribution in [3.8, 4) is 0 Å². The first-order valence-corrected chi connectivity index (χ1v) is 6.99. The van der Waals surface area contributed by atoms with Gasteiger partial charge in [0, 0.05) is 17.9 Å². The third-order valence-electron chi connectivity index (χ3n) is 3.30. The molecule has 0 aromatic heterocycles. The van der Waals surface area contributed by atoms with E-state index in [0.29, 0.717) is 36.1 Å². The maximum Gasteiger partial charge on any atom is 0.137 e. The van der Waals surface area contributed by atoms with E-state index in [0.717, 1.165) is 24.8 Å². The van der Waals surface area contributed by atoms with Crippen molar-refractivity contribution >= 4 is 17.4 Å². The minimum absolute atomic E-state index is 0.299. The Morgan fingerprint density at radius 2 is 1.94 bits per heavy atom. The first-order valence-electron chi connectivity index (χ1n) is 6.62. The summed E-state index contributed by atoms with van der Waals surface area (Å²) in [6, 6.07) is 7.48. The molecule has 0 saturated heterocycles. The predicted octanol–water partition coefficient (Wildman–Crippen LogP) is 3.61. The molecule has 1 atom stereocenters. The Morgan fingerprint density at radius 3 is 2.50 bits per heavy atom. The monoisotopic (exact) mass is 267 g/mol. The molecule has 0 aliphatic rings. The van der Waals surface area contributed by atoms with Crippen LogP contribution in [0.15, 0.2) is 24.3 Å². The van der Waals surface area contributed by atoms with Gasteiger partial charge in [-0.1, -0.05) is 37.1 Å². The van der Waals surface area contributed by atoms with Crippen LogP contribution in [0.3, 0.4) is 0 Å². The van der Waals surface area contributed by atoms with Gasteiger partial charge in [-0.05, 0) is 43.0 Å². The first kappa shape index (κ1) is 15.2. The molecular formula is C15H22ClNO. The second-order valence-electron chi connectivity index (χ2n) is 4.73.